The molecule has 0 saturated heterocycles. The lowest BCUT2D eigenvalue weighted by atomic mass is 9.95. The Labute approximate surface area is 126 Å². The maximum atomic E-state index is 12.6. The van der Waals surface area contributed by atoms with Crippen molar-refractivity contribution in [2.75, 3.05) is 6.54 Å². The molecule has 0 amide bonds. The van der Waals surface area contributed by atoms with E-state index < -0.39 is 15.6 Å². The van der Waals surface area contributed by atoms with Gasteiger partial charge in [0.15, 0.2) is 0 Å². The van der Waals surface area contributed by atoms with Crippen LogP contribution in [0.5, 0.6) is 5.75 Å². The molecule has 0 aliphatic carbocycles. The second kappa shape index (κ2) is 5.94. The number of benzene rings is 1. The van der Waals surface area contributed by atoms with Crippen LogP contribution < -0.4 is 15.2 Å². The summed E-state index contributed by atoms with van der Waals surface area (Å²) in [5.74, 6) is 0.775. The van der Waals surface area contributed by atoms with Gasteiger partial charge in [0.25, 0.3) is 0 Å². The molecular formula is C15H24N2O3S. The van der Waals surface area contributed by atoms with Gasteiger partial charge in [-0.15, -0.1) is 0 Å². The van der Waals surface area contributed by atoms with Gasteiger partial charge in [-0.05, 0) is 43.5 Å². The Morgan fingerprint density at radius 3 is 2.62 bits per heavy atom. The highest BCUT2D eigenvalue weighted by Gasteiger charge is 2.31. The molecule has 5 nitrogen and oxygen atoms in total. The third kappa shape index (κ3) is 3.22. The van der Waals surface area contributed by atoms with E-state index in [0.29, 0.717) is 12.8 Å². The molecule has 118 valence electrons. The molecule has 1 aliphatic heterocycles. The lowest BCUT2D eigenvalue weighted by molar-refractivity contribution is 0.254. The van der Waals surface area contributed by atoms with Crippen molar-refractivity contribution in [3.63, 3.8) is 0 Å². The van der Waals surface area contributed by atoms with Gasteiger partial charge in [0.1, 0.15) is 11.9 Å². The van der Waals surface area contributed by atoms with Crippen LogP contribution in [0.4, 0.5) is 0 Å². The van der Waals surface area contributed by atoms with Crippen molar-refractivity contribution in [1.29, 1.82) is 0 Å². The van der Waals surface area contributed by atoms with Gasteiger partial charge in [0.2, 0.25) is 10.0 Å². The summed E-state index contributed by atoms with van der Waals surface area (Å²) in [4.78, 5) is 0.277. The van der Waals surface area contributed by atoms with Crippen LogP contribution in [0.25, 0.3) is 0 Å². The van der Waals surface area contributed by atoms with E-state index in [1.807, 2.05) is 20.8 Å². The van der Waals surface area contributed by atoms with Crippen LogP contribution in [0.2, 0.25) is 0 Å². The fourth-order valence-corrected chi connectivity index (χ4v) is 4.24. The minimum Gasteiger partial charge on any atom is -0.490 e. The molecule has 3 N–H and O–H groups in total. The molecule has 0 bridgehead atoms. The predicted molar refractivity (Wildman–Crippen MR) is 82.9 cm³/mol. The molecule has 0 radical (unpaired) electrons. The van der Waals surface area contributed by atoms with E-state index in [4.69, 9.17) is 10.5 Å². The summed E-state index contributed by atoms with van der Waals surface area (Å²) in [5, 5.41) is 0. The summed E-state index contributed by atoms with van der Waals surface area (Å²) in [6.45, 7) is 6.14. The van der Waals surface area contributed by atoms with Crippen LogP contribution in [0.15, 0.2) is 23.1 Å². The molecule has 1 aromatic rings. The van der Waals surface area contributed by atoms with Crippen molar-refractivity contribution in [2.24, 2.45) is 5.73 Å². The van der Waals surface area contributed by atoms with Gasteiger partial charge in [-0.1, -0.05) is 13.8 Å². The maximum Gasteiger partial charge on any atom is 0.241 e. The number of hydrogen-bond acceptors (Lipinski definition) is 4. The molecule has 1 unspecified atom stereocenters. The summed E-state index contributed by atoms with van der Waals surface area (Å²) in [6.07, 6.45) is 2.15. The maximum absolute atomic E-state index is 12.6. The van der Waals surface area contributed by atoms with Gasteiger partial charge in [0.05, 0.1) is 4.90 Å². The van der Waals surface area contributed by atoms with Crippen LogP contribution in [-0.2, 0) is 16.4 Å². The summed E-state index contributed by atoms with van der Waals surface area (Å²) in [5.41, 5.74) is 6.14. The summed E-state index contributed by atoms with van der Waals surface area (Å²) >= 11 is 0. The van der Waals surface area contributed by atoms with E-state index in [1.165, 1.54) is 0 Å². The molecule has 0 saturated carbocycles. The third-order valence-corrected chi connectivity index (χ3v) is 5.85. The number of fused-ring (bicyclic) bond motifs is 1. The van der Waals surface area contributed by atoms with Crippen molar-refractivity contribution in [2.45, 2.75) is 56.6 Å². The van der Waals surface area contributed by atoms with Gasteiger partial charge in [0, 0.05) is 18.5 Å². The highest BCUT2D eigenvalue weighted by atomic mass is 32.2. The SMILES string of the molecule is CCC(CC)(CN)NS(=O)(=O)c1ccc2c(c1)CC(C)O2. The van der Waals surface area contributed by atoms with Gasteiger partial charge in [-0.3, -0.25) is 0 Å². The number of hydrogen-bond donors (Lipinski definition) is 2. The molecule has 1 heterocycles. The zero-order valence-electron chi connectivity index (χ0n) is 12.8. The first-order valence-corrected chi connectivity index (χ1v) is 8.87. The standard InChI is InChI=1S/C15H24N2O3S/c1-4-15(5-2,10-16)17-21(18,19)13-6-7-14-12(9-13)8-11(3)20-14/h6-7,9,11,17H,4-5,8,10,16H2,1-3H3. The quantitative estimate of drug-likeness (QED) is 0.839. The highest BCUT2D eigenvalue weighted by Crippen LogP contribution is 2.31. The molecule has 6 heteroatoms. The molecule has 0 spiro atoms. The van der Waals surface area contributed by atoms with Crippen molar-refractivity contribution in [3.05, 3.63) is 23.8 Å². The van der Waals surface area contributed by atoms with E-state index in [-0.39, 0.29) is 17.5 Å². The molecule has 0 aromatic heterocycles. The number of rotatable bonds is 6. The van der Waals surface area contributed by atoms with Crippen molar-refractivity contribution < 1.29 is 13.2 Å². The predicted octanol–water partition coefficient (Wildman–Crippen LogP) is 1.81. The Bertz CT molecular complexity index is 601. The normalized spacial score (nSPS) is 18.4. The first-order chi connectivity index (χ1) is 9.85. The second-order valence-corrected chi connectivity index (χ2v) is 7.38. The van der Waals surface area contributed by atoms with Gasteiger partial charge < -0.3 is 10.5 Å². The molecule has 2 rings (SSSR count). The Morgan fingerprint density at radius 1 is 1.38 bits per heavy atom. The fraction of sp³-hybridized carbons (Fsp3) is 0.600. The van der Waals surface area contributed by atoms with Gasteiger partial charge >= 0.3 is 0 Å². The monoisotopic (exact) mass is 312 g/mol. The number of sulfonamides is 1. The average molecular weight is 312 g/mol. The minimum absolute atomic E-state index is 0.0975. The Balaban J connectivity index is 2.31. The highest BCUT2D eigenvalue weighted by molar-refractivity contribution is 7.89. The Morgan fingerprint density at radius 2 is 2.05 bits per heavy atom. The van der Waals surface area contributed by atoms with Crippen LogP contribution >= 0.6 is 0 Å². The van der Waals surface area contributed by atoms with Crippen LogP contribution in [0, 0.1) is 0 Å². The van der Waals surface area contributed by atoms with Crippen LogP contribution in [0.3, 0.4) is 0 Å². The van der Waals surface area contributed by atoms with E-state index in [2.05, 4.69) is 4.72 Å². The zero-order valence-corrected chi connectivity index (χ0v) is 13.7. The van der Waals surface area contributed by atoms with Crippen molar-refractivity contribution in [3.8, 4) is 5.75 Å². The second-order valence-electron chi connectivity index (χ2n) is 5.70. The van der Waals surface area contributed by atoms with E-state index in [9.17, 15) is 8.42 Å². The first-order valence-electron chi connectivity index (χ1n) is 7.39. The number of nitrogens with one attached hydrogen (secondary N) is 1. The summed E-state index contributed by atoms with van der Waals surface area (Å²) in [7, 11) is -3.58. The Kier molecular flexibility index (Phi) is 4.60. The third-order valence-electron chi connectivity index (χ3n) is 4.27. The lowest BCUT2D eigenvalue weighted by Crippen LogP contribution is -2.52. The van der Waals surface area contributed by atoms with E-state index >= 15 is 0 Å². The number of ether oxygens (including phenoxy) is 1. The van der Waals surface area contributed by atoms with E-state index in [0.717, 1.165) is 17.7 Å². The Hall–Kier alpha value is -1.11. The van der Waals surface area contributed by atoms with Crippen molar-refractivity contribution >= 4 is 10.0 Å². The molecule has 1 aliphatic rings. The fourth-order valence-electron chi connectivity index (χ4n) is 2.63. The molecule has 21 heavy (non-hydrogen) atoms. The van der Waals surface area contributed by atoms with Crippen molar-refractivity contribution in [1.82, 2.24) is 4.72 Å². The molecular weight excluding hydrogens is 288 g/mol. The van der Waals surface area contributed by atoms with E-state index in [1.54, 1.807) is 18.2 Å². The average Bonchev–Trinajstić information content (AvgIpc) is 2.84. The summed E-state index contributed by atoms with van der Waals surface area (Å²) in [6, 6.07) is 5.02. The van der Waals surface area contributed by atoms with Gasteiger partial charge in [-0.25, -0.2) is 13.1 Å². The van der Waals surface area contributed by atoms with Crippen LogP contribution in [0.1, 0.15) is 39.2 Å². The minimum atomic E-state index is -3.58. The number of nitrogens with two attached hydrogens (primary N) is 1. The molecule has 1 atom stereocenters. The largest absolute Gasteiger partial charge is 0.490 e. The molecule has 0 fully saturated rings. The molecule has 1 aromatic carbocycles. The van der Waals surface area contributed by atoms with Crippen LogP contribution in [-0.4, -0.2) is 26.6 Å². The smallest absolute Gasteiger partial charge is 0.241 e. The van der Waals surface area contributed by atoms with Gasteiger partial charge in [-0.2, -0.15) is 0 Å². The zero-order chi connectivity index (χ0) is 15.7. The first kappa shape index (κ1) is 16.3. The lowest BCUT2D eigenvalue weighted by Gasteiger charge is -2.31. The topological polar surface area (TPSA) is 81.4 Å². The summed E-state index contributed by atoms with van der Waals surface area (Å²) < 4.78 is 33.6.